The largest absolute Gasteiger partial charge is 0.619 e. The van der Waals surface area contributed by atoms with Gasteiger partial charge in [0.05, 0.1) is 11.6 Å². The van der Waals surface area contributed by atoms with Crippen LogP contribution in [0, 0.1) is 11.1 Å². The average molecular weight is 324 g/mol. The van der Waals surface area contributed by atoms with E-state index in [9.17, 15) is 10.0 Å². The summed E-state index contributed by atoms with van der Waals surface area (Å²) >= 11 is 0. The van der Waals surface area contributed by atoms with Crippen LogP contribution in [0.5, 0.6) is 0 Å². The Balaban J connectivity index is 1.73. The van der Waals surface area contributed by atoms with E-state index in [0.717, 1.165) is 12.0 Å². The fraction of sp³-hybridized carbons (Fsp3) is 0.400. The Hall–Kier alpha value is -2.36. The third kappa shape index (κ3) is 4.34. The van der Waals surface area contributed by atoms with Crippen LogP contribution in [-0.4, -0.2) is 5.91 Å². The number of carbonyl (C=O) groups is 1. The maximum atomic E-state index is 12.6. The van der Waals surface area contributed by atoms with Gasteiger partial charge < -0.3 is 10.5 Å². The van der Waals surface area contributed by atoms with Crippen molar-refractivity contribution in [3.05, 3.63) is 71.2 Å². The summed E-state index contributed by atoms with van der Waals surface area (Å²) < 4.78 is 0.688. The van der Waals surface area contributed by atoms with Gasteiger partial charge in [-0.25, -0.2) is 0 Å². The molecular weight excluding hydrogens is 300 g/mol. The molecule has 1 heterocycles. The van der Waals surface area contributed by atoms with Gasteiger partial charge in [0.2, 0.25) is 0 Å². The van der Waals surface area contributed by atoms with Gasteiger partial charge in [-0.15, -0.1) is 0 Å². The fourth-order valence-electron chi connectivity index (χ4n) is 3.53. The summed E-state index contributed by atoms with van der Waals surface area (Å²) in [6.07, 6.45) is 10.1. The summed E-state index contributed by atoms with van der Waals surface area (Å²) in [5.74, 6) is 0.545. The highest BCUT2D eigenvalue weighted by Gasteiger charge is 2.22. The number of pyridine rings is 1. The van der Waals surface area contributed by atoms with Crippen molar-refractivity contribution < 1.29 is 9.52 Å². The number of hydrogen-bond acceptors (Lipinski definition) is 2. The van der Waals surface area contributed by atoms with Crippen molar-refractivity contribution in [1.82, 2.24) is 5.32 Å². The molecule has 1 amide bonds. The maximum Gasteiger partial charge on any atom is 0.252 e. The zero-order valence-electron chi connectivity index (χ0n) is 13.9. The van der Waals surface area contributed by atoms with Gasteiger partial charge >= 0.3 is 0 Å². The summed E-state index contributed by atoms with van der Waals surface area (Å²) in [6.45, 7) is 0. The van der Waals surface area contributed by atoms with Gasteiger partial charge in [-0.05, 0) is 17.9 Å². The second-order valence-electron chi connectivity index (χ2n) is 6.62. The number of amides is 1. The number of carbonyl (C=O) groups excluding carboxylic acids is 1. The van der Waals surface area contributed by atoms with Gasteiger partial charge in [-0.3, -0.25) is 4.79 Å². The molecule has 1 aromatic heterocycles. The smallest absolute Gasteiger partial charge is 0.252 e. The number of hydrogen-bond donors (Lipinski definition) is 1. The number of nitrogens with zero attached hydrogens (tertiary/aromatic N) is 1. The lowest BCUT2D eigenvalue weighted by Gasteiger charge is -2.27. The molecule has 2 aromatic rings. The first kappa shape index (κ1) is 16.5. The molecule has 0 aliphatic heterocycles. The zero-order valence-corrected chi connectivity index (χ0v) is 13.9. The minimum absolute atomic E-state index is 0.0152. The molecule has 0 saturated heterocycles. The molecule has 126 valence electrons. The first-order valence-electron chi connectivity index (χ1n) is 8.77. The van der Waals surface area contributed by atoms with Gasteiger partial charge in [0.1, 0.15) is 0 Å². The molecule has 4 nitrogen and oxygen atoms in total. The summed E-state index contributed by atoms with van der Waals surface area (Å²) in [5.41, 5.74) is 1.66. The standard InChI is InChI=1S/C20H24N2O2/c23-20(18-11-13-22(24)14-12-18)21-19(17-9-5-2-6-10-17)15-16-7-3-1-4-8-16/h2,5-6,9-14,16,19H,1,3-4,7-8,15H2,(H,21,23). The molecule has 1 unspecified atom stereocenters. The minimum atomic E-state index is -0.125. The van der Waals surface area contributed by atoms with E-state index < -0.39 is 0 Å². The molecule has 1 N–H and O–H groups in total. The van der Waals surface area contributed by atoms with E-state index in [1.165, 1.54) is 44.5 Å². The van der Waals surface area contributed by atoms with Gasteiger partial charge in [-0.1, -0.05) is 62.4 Å². The maximum absolute atomic E-state index is 12.6. The number of rotatable bonds is 5. The van der Waals surface area contributed by atoms with Crippen LogP contribution in [0.15, 0.2) is 54.9 Å². The molecule has 1 aliphatic carbocycles. The summed E-state index contributed by atoms with van der Waals surface area (Å²) in [6, 6.07) is 13.3. The summed E-state index contributed by atoms with van der Waals surface area (Å²) in [4.78, 5) is 12.6. The topological polar surface area (TPSA) is 56.0 Å². The molecule has 1 aliphatic rings. The second kappa shape index (κ2) is 7.95. The SMILES string of the molecule is O=C(NC(CC1CCCCC1)c1ccccc1)c1cc[n+]([O-])cc1. The second-order valence-corrected chi connectivity index (χ2v) is 6.62. The first-order chi connectivity index (χ1) is 11.7. The van der Waals surface area contributed by atoms with Crippen LogP contribution in [0.4, 0.5) is 0 Å². The lowest BCUT2D eigenvalue weighted by molar-refractivity contribution is -0.605. The van der Waals surface area contributed by atoms with Gasteiger partial charge in [0.15, 0.2) is 12.4 Å². The van der Waals surface area contributed by atoms with Crippen molar-refractivity contribution in [2.45, 2.75) is 44.6 Å². The molecule has 0 spiro atoms. The van der Waals surface area contributed by atoms with Crippen LogP contribution in [0.2, 0.25) is 0 Å². The Labute approximate surface area is 143 Å². The molecular formula is C20H24N2O2. The molecule has 4 heteroatoms. The normalized spacial score (nSPS) is 16.5. The quantitative estimate of drug-likeness (QED) is 0.672. The van der Waals surface area contributed by atoms with Crippen molar-refractivity contribution in [3.63, 3.8) is 0 Å². The molecule has 1 fully saturated rings. The van der Waals surface area contributed by atoms with Crippen LogP contribution < -0.4 is 10.0 Å². The van der Waals surface area contributed by atoms with Crippen molar-refractivity contribution >= 4 is 5.91 Å². The third-order valence-corrected chi connectivity index (χ3v) is 4.87. The summed E-state index contributed by atoms with van der Waals surface area (Å²) in [7, 11) is 0. The Morgan fingerprint density at radius 3 is 2.42 bits per heavy atom. The van der Waals surface area contributed by atoms with E-state index in [1.807, 2.05) is 18.2 Å². The number of nitrogens with one attached hydrogen (secondary N) is 1. The summed E-state index contributed by atoms with van der Waals surface area (Å²) in [5, 5.41) is 14.3. The van der Waals surface area contributed by atoms with E-state index in [1.54, 1.807) is 12.1 Å². The van der Waals surface area contributed by atoms with Gasteiger partial charge in [0, 0.05) is 12.1 Å². The fourth-order valence-corrected chi connectivity index (χ4v) is 3.53. The van der Waals surface area contributed by atoms with Crippen molar-refractivity contribution in [1.29, 1.82) is 0 Å². The molecule has 0 radical (unpaired) electrons. The van der Waals surface area contributed by atoms with Crippen LogP contribution in [0.1, 0.15) is 60.5 Å². The highest BCUT2D eigenvalue weighted by atomic mass is 16.5. The molecule has 1 aromatic carbocycles. The predicted molar refractivity (Wildman–Crippen MR) is 93.2 cm³/mol. The van der Waals surface area contributed by atoms with Crippen molar-refractivity contribution in [3.8, 4) is 0 Å². The van der Waals surface area contributed by atoms with Crippen LogP contribution in [0.25, 0.3) is 0 Å². The van der Waals surface area contributed by atoms with Crippen molar-refractivity contribution in [2.24, 2.45) is 5.92 Å². The van der Waals surface area contributed by atoms with Crippen LogP contribution in [0.3, 0.4) is 0 Å². The highest BCUT2D eigenvalue weighted by Crippen LogP contribution is 2.32. The molecule has 1 saturated carbocycles. The Morgan fingerprint density at radius 1 is 1.08 bits per heavy atom. The highest BCUT2D eigenvalue weighted by molar-refractivity contribution is 5.94. The first-order valence-corrected chi connectivity index (χ1v) is 8.77. The van der Waals surface area contributed by atoms with E-state index in [0.29, 0.717) is 16.2 Å². The Kier molecular flexibility index (Phi) is 5.47. The predicted octanol–water partition coefficient (Wildman–Crippen LogP) is 3.76. The van der Waals surface area contributed by atoms with E-state index >= 15 is 0 Å². The number of benzene rings is 1. The minimum Gasteiger partial charge on any atom is -0.619 e. The van der Waals surface area contributed by atoms with Gasteiger partial charge in [-0.2, -0.15) is 4.73 Å². The Bertz CT molecular complexity index is 649. The zero-order chi connectivity index (χ0) is 16.8. The average Bonchev–Trinajstić information content (AvgIpc) is 2.63. The molecule has 1 atom stereocenters. The Morgan fingerprint density at radius 2 is 1.75 bits per heavy atom. The van der Waals surface area contributed by atoms with Gasteiger partial charge in [0.25, 0.3) is 5.91 Å². The van der Waals surface area contributed by atoms with Crippen molar-refractivity contribution in [2.75, 3.05) is 0 Å². The molecule has 24 heavy (non-hydrogen) atoms. The lowest BCUT2D eigenvalue weighted by Crippen LogP contribution is -2.31. The molecule has 3 rings (SSSR count). The third-order valence-electron chi connectivity index (χ3n) is 4.87. The molecule has 0 bridgehead atoms. The van der Waals surface area contributed by atoms with Crippen LogP contribution in [-0.2, 0) is 0 Å². The lowest BCUT2D eigenvalue weighted by atomic mass is 9.83. The van der Waals surface area contributed by atoms with E-state index in [4.69, 9.17) is 0 Å². The number of aromatic nitrogens is 1. The van der Waals surface area contributed by atoms with Crippen LogP contribution >= 0.6 is 0 Å². The van der Waals surface area contributed by atoms with E-state index in [2.05, 4.69) is 17.4 Å². The van der Waals surface area contributed by atoms with E-state index in [-0.39, 0.29) is 11.9 Å². The monoisotopic (exact) mass is 324 g/mol.